The van der Waals surface area contributed by atoms with Gasteiger partial charge in [-0.2, -0.15) is 0 Å². The highest BCUT2D eigenvalue weighted by molar-refractivity contribution is 5.09. The van der Waals surface area contributed by atoms with Crippen LogP contribution in [0.3, 0.4) is 0 Å². The number of hydrogen-bond donors (Lipinski definition) is 2. The SMILES string of the molecule is N[C@H](CCF)c1ccc(CO)o1. The number of halogens is 1. The lowest BCUT2D eigenvalue weighted by molar-refractivity contribution is 0.240. The van der Waals surface area contributed by atoms with Crippen molar-refractivity contribution in [1.82, 2.24) is 0 Å². The molecule has 3 N–H and O–H groups in total. The molecule has 0 amide bonds. The third-order valence-corrected chi connectivity index (χ3v) is 1.62. The Morgan fingerprint density at radius 2 is 2.33 bits per heavy atom. The predicted molar refractivity (Wildman–Crippen MR) is 42.2 cm³/mol. The highest BCUT2D eigenvalue weighted by atomic mass is 19.1. The summed E-state index contributed by atoms with van der Waals surface area (Å²) in [7, 11) is 0. The van der Waals surface area contributed by atoms with Gasteiger partial charge in [-0.15, -0.1) is 0 Å². The molecule has 0 aliphatic carbocycles. The van der Waals surface area contributed by atoms with Crippen molar-refractivity contribution in [2.75, 3.05) is 6.67 Å². The summed E-state index contributed by atoms with van der Waals surface area (Å²) in [6, 6.07) is 2.88. The largest absolute Gasteiger partial charge is 0.462 e. The Hall–Kier alpha value is -0.870. The summed E-state index contributed by atoms with van der Waals surface area (Å²) in [6.07, 6.45) is 0.248. The fraction of sp³-hybridized carbons (Fsp3) is 0.500. The van der Waals surface area contributed by atoms with Crippen molar-refractivity contribution >= 4 is 0 Å². The van der Waals surface area contributed by atoms with Gasteiger partial charge in [0, 0.05) is 0 Å². The van der Waals surface area contributed by atoms with Crippen LogP contribution in [0.15, 0.2) is 16.5 Å². The number of aliphatic hydroxyl groups is 1. The number of alkyl halides is 1. The molecule has 0 aliphatic heterocycles. The van der Waals surface area contributed by atoms with Gasteiger partial charge in [0.05, 0.1) is 12.7 Å². The Morgan fingerprint density at radius 3 is 2.83 bits per heavy atom. The van der Waals surface area contributed by atoms with E-state index in [9.17, 15) is 4.39 Å². The van der Waals surface area contributed by atoms with Gasteiger partial charge in [-0.3, -0.25) is 4.39 Å². The molecule has 0 bridgehead atoms. The van der Waals surface area contributed by atoms with Crippen molar-refractivity contribution in [1.29, 1.82) is 0 Å². The maximum absolute atomic E-state index is 11.8. The molecule has 3 nitrogen and oxygen atoms in total. The van der Waals surface area contributed by atoms with Crippen LogP contribution in [0.2, 0.25) is 0 Å². The van der Waals surface area contributed by atoms with Gasteiger partial charge < -0.3 is 15.3 Å². The van der Waals surface area contributed by atoms with E-state index in [4.69, 9.17) is 15.3 Å². The average molecular weight is 173 g/mol. The Morgan fingerprint density at radius 1 is 1.58 bits per heavy atom. The van der Waals surface area contributed by atoms with Crippen LogP contribution in [-0.4, -0.2) is 11.8 Å². The zero-order valence-electron chi connectivity index (χ0n) is 6.66. The third-order valence-electron chi connectivity index (χ3n) is 1.62. The molecule has 1 rings (SSSR count). The van der Waals surface area contributed by atoms with Crippen LogP contribution in [-0.2, 0) is 6.61 Å². The fourth-order valence-electron chi connectivity index (χ4n) is 0.939. The molecule has 0 radical (unpaired) electrons. The molecule has 68 valence electrons. The molecule has 0 unspecified atom stereocenters. The van der Waals surface area contributed by atoms with Gasteiger partial charge in [-0.1, -0.05) is 0 Å². The molecule has 4 heteroatoms. The first kappa shape index (κ1) is 9.22. The monoisotopic (exact) mass is 173 g/mol. The van der Waals surface area contributed by atoms with Gasteiger partial charge in [-0.25, -0.2) is 0 Å². The molecule has 1 aromatic heterocycles. The molecule has 0 aliphatic rings. The van der Waals surface area contributed by atoms with Crippen molar-refractivity contribution in [2.24, 2.45) is 5.73 Å². The maximum atomic E-state index is 11.8. The zero-order chi connectivity index (χ0) is 8.97. The van der Waals surface area contributed by atoms with Crippen molar-refractivity contribution in [3.63, 3.8) is 0 Å². The number of furan rings is 1. The molecule has 1 aromatic rings. The number of aliphatic hydroxyl groups excluding tert-OH is 1. The van der Waals surface area contributed by atoms with E-state index in [1.54, 1.807) is 12.1 Å². The lowest BCUT2D eigenvalue weighted by Crippen LogP contribution is -2.09. The van der Waals surface area contributed by atoms with Crippen LogP contribution in [0.5, 0.6) is 0 Å². The molecule has 1 atom stereocenters. The Kier molecular flexibility index (Phi) is 3.25. The van der Waals surface area contributed by atoms with E-state index in [-0.39, 0.29) is 13.0 Å². The molecular formula is C8H12FNO2. The van der Waals surface area contributed by atoms with Crippen LogP contribution >= 0.6 is 0 Å². The summed E-state index contributed by atoms with van der Waals surface area (Å²) >= 11 is 0. The molecule has 1 heterocycles. The average Bonchev–Trinajstić information content (AvgIpc) is 2.52. The minimum Gasteiger partial charge on any atom is -0.462 e. The van der Waals surface area contributed by atoms with E-state index >= 15 is 0 Å². The molecule has 0 fully saturated rings. The summed E-state index contributed by atoms with van der Waals surface area (Å²) in [6.45, 7) is -0.612. The van der Waals surface area contributed by atoms with Gasteiger partial charge >= 0.3 is 0 Å². The van der Waals surface area contributed by atoms with Crippen LogP contribution in [0.4, 0.5) is 4.39 Å². The number of nitrogens with two attached hydrogens (primary N) is 1. The third kappa shape index (κ3) is 2.06. The Labute approximate surface area is 70.0 Å². The second-order valence-electron chi connectivity index (χ2n) is 2.55. The van der Waals surface area contributed by atoms with E-state index in [0.717, 1.165) is 0 Å². The fourth-order valence-corrected chi connectivity index (χ4v) is 0.939. The van der Waals surface area contributed by atoms with E-state index < -0.39 is 12.7 Å². The van der Waals surface area contributed by atoms with Gasteiger partial charge in [0.1, 0.15) is 18.1 Å². The quantitative estimate of drug-likeness (QED) is 0.717. The number of rotatable bonds is 4. The van der Waals surface area contributed by atoms with Crippen molar-refractivity contribution < 1.29 is 13.9 Å². The summed E-state index contributed by atoms with van der Waals surface area (Å²) in [5, 5.41) is 8.65. The molecule has 0 spiro atoms. The molecule has 12 heavy (non-hydrogen) atoms. The van der Waals surface area contributed by atoms with Crippen molar-refractivity contribution in [3.8, 4) is 0 Å². The molecule has 0 aromatic carbocycles. The lowest BCUT2D eigenvalue weighted by atomic mass is 10.2. The Bertz CT molecular complexity index is 237. The van der Waals surface area contributed by atoms with Crippen LogP contribution in [0.25, 0.3) is 0 Å². The second kappa shape index (κ2) is 4.23. The van der Waals surface area contributed by atoms with E-state index in [1.807, 2.05) is 0 Å². The first-order valence-electron chi connectivity index (χ1n) is 3.79. The first-order chi connectivity index (χ1) is 5.77. The van der Waals surface area contributed by atoms with Gasteiger partial charge in [-0.05, 0) is 18.6 Å². The lowest BCUT2D eigenvalue weighted by Gasteiger charge is -2.04. The summed E-state index contributed by atoms with van der Waals surface area (Å²) in [4.78, 5) is 0. The van der Waals surface area contributed by atoms with Crippen LogP contribution < -0.4 is 5.73 Å². The van der Waals surface area contributed by atoms with E-state index in [0.29, 0.717) is 11.5 Å². The smallest absolute Gasteiger partial charge is 0.129 e. The predicted octanol–water partition coefficient (Wildman–Crippen LogP) is 1.13. The van der Waals surface area contributed by atoms with Crippen LogP contribution in [0.1, 0.15) is 24.0 Å². The minimum atomic E-state index is -0.462. The highest BCUT2D eigenvalue weighted by Crippen LogP contribution is 2.17. The summed E-state index contributed by atoms with van der Waals surface area (Å²) in [5.41, 5.74) is 5.56. The van der Waals surface area contributed by atoms with E-state index in [1.165, 1.54) is 0 Å². The second-order valence-corrected chi connectivity index (χ2v) is 2.55. The van der Waals surface area contributed by atoms with Crippen LogP contribution in [0, 0.1) is 0 Å². The zero-order valence-corrected chi connectivity index (χ0v) is 6.66. The molecule has 0 saturated carbocycles. The Balaban J connectivity index is 2.61. The standard InChI is InChI=1S/C8H12FNO2/c9-4-3-7(10)8-2-1-6(5-11)12-8/h1-2,7,11H,3-5,10H2/t7-/m1/s1. The van der Waals surface area contributed by atoms with Crippen molar-refractivity contribution in [2.45, 2.75) is 19.1 Å². The van der Waals surface area contributed by atoms with Gasteiger partial charge in [0.2, 0.25) is 0 Å². The van der Waals surface area contributed by atoms with Gasteiger partial charge in [0.15, 0.2) is 0 Å². The minimum absolute atomic E-state index is 0.150. The molecular weight excluding hydrogens is 161 g/mol. The summed E-state index contributed by atoms with van der Waals surface area (Å²) < 4.78 is 17.0. The number of hydrogen-bond acceptors (Lipinski definition) is 3. The first-order valence-corrected chi connectivity index (χ1v) is 3.79. The van der Waals surface area contributed by atoms with Gasteiger partial charge in [0.25, 0.3) is 0 Å². The normalized spacial score (nSPS) is 13.2. The van der Waals surface area contributed by atoms with Crippen molar-refractivity contribution in [3.05, 3.63) is 23.7 Å². The topological polar surface area (TPSA) is 59.4 Å². The summed E-state index contributed by atoms with van der Waals surface area (Å²) in [5.74, 6) is 0.982. The molecule has 0 saturated heterocycles. The maximum Gasteiger partial charge on any atom is 0.129 e. The highest BCUT2D eigenvalue weighted by Gasteiger charge is 2.09. The van der Waals surface area contributed by atoms with E-state index in [2.05, 4.69) is 0 Å².